The molecule has 26 heavy (non-hydrogen) atoms. The van der Waals surface area contributed by atoms with Crippen LogP contribution >= 0.6 is 11.8 Å². The number of thioether (sulfide) groups is 1. The van der Waals surface area contributed by atoms with Crippen LogP contribution in [-0.2, 0) is 6.42 Å². The number of hydrogen-bond acceptors (Lipinski definition) is 7. The molecule has 0 saturated heterocycles. The molecule has 0 fully saturated rings. The van der Waals surface area contributed by atoms with Crippen molar-refractivity contribution in [2.75, 3.05) is 16.4 Å². The third kappa shape index (κ3) is 4.37. The van der Waals surface area contributed by atoms with E-state index in [1.165, 1.54) is 18.0 Å². The molecule has 8 nitrogen and oxygen atoms in total. The molecule has 0 saturated carbocycles. The average Bonchev–Trinajstić information content (AvgIpc) is 3.10. The van der Waals surface area contributed by atoms with Gasteiger partial charge in [-0.1, -0.05) is 43.8 Å². The molecule has 9 heteroatoms. The molecule has 0 aliphatic carbocycles. The van der Waals surface area contributed by atoms with E-state index in [-0.39, 0.29) is 5.91 Å². The van der Waals surface area contributed by atoms with Gasteiger partial charge in [-0.05, 0) is 17.9 Å². The lowest BCUT2D eigenvalue weighted by Crippen LogP contribution is -2.16. The van der Waals surface area contributed by atoms with Gasteiger partial charge in [0.1, 0.15) is 17.2 Å². The summed E-state index contributed by atoms with van der Waals surface area (Å²) in [5.74, 6) is 2.00. The standard InChI is InChI=1S/C17H19N7OS/c1-3-13-20-16(24-23-13)21-14-12(10-18-17(22-14)26-4-2)15(25)19-11-8-6-5-7-9-11/h5-10H,3-4H2,1-2H3,(H,19,25)(H2,18,20,21,22,23,24). The minimum absolute atomic E-state index is 0.307. The summed E-state index contributed by atoms with van der Waals surface area (Å²) >= 11 is 1.49. The molecule has 2 heterocycles. The Kier molecular flexibility index (Phi) is 5.80. The van der Waals surface area contributed by atoms with Crippen molar-refractivity contribution in [2.45, 2.75) is 25.4 Å². The summed E-state index contributed by atoms with van der Waals surface area (Å²) in [6.45, 7) is 3.99. The van der Waals surface area contributed by atoms with Gasteiger partial charge in [0.05, 0.1) is 0 Å². The number of anilines is 3. The smallest absolute Gasteiger partial charge is 0.261 e. The van der Waals surface area contributed by atoms with Crippen molar-refractivity contribution in [3.05, 3.63) is 47.9 Å². The second kappa shape index (κ2) is 8.43. The number of amides is 1. The van der Waals surface area contributed by atoms with Crippen molar-refractivity contribution in [1.82, 2.24) is 25.1 Å². The van der Waals surface area contributed by atoms with Crippen molar-refractivity contribution in [3.63, 3.8) is 0 Å². The monoisotopic (exact) mass is 369 g/mol. The van der Waals surface area contributed by atoms with Gasteiger partial charge in [0.25, 0.3) is 5.91 Å². The fourth-order valence-corrected chi connectivity index (χ4v) is 2.70. The van der Waals surface area contributed by atoms with Crippen LogP contribution in [-0.4, -0.2) is 36.8 Å². The molecule has 1 aromatic carbocycles. The molecule has 2 aromatic heterocycles. The Balaban J connectivity index is 1.88. The maximum absolute atomic E-state index is 12.7. The third-order valence-corrected chi connectivity index (χ3v) is 4.16. The van der Waals surface area contributed by atoms with Gasteiger partial charge in [0.2, 0.25) is 5.95 Å². The molecular weight excluding hydrogens is 350 g/mol. The zero-order chi connectivity index (χ0) is 18.4. The summed E-state index contributed by atoms with van der Waals surface area (Å²) in [6.07, 6.45) is 2.25. The lowest BCUT2D eigenvalue weighted by atomic mass is 10.2. The molecule has 3 aromatic rings. The molecule has 3 rings (SSSR count). The number of carbonyl (C=O) groups is 1. The van der Waals surface area contributed by atoms with E-state index in [9.17, 15) is 4.79 Å². The highest BCUT2D eigenvalue weighted by Gasteiger charge is 2.17. The number of aromatic amines is 1. The number of nitrogens with zero attached hydrogens (tertiary/aromatic N) is 4. The average molecular weight is 369 g/mol. The highest BCUT2D eigenvalue weighted by Crippen LogP contribution is 2.21. The first-order valence-corrected chi connectivity index (χ1v) is 9.22. The van der Waals surface area contributed by atoms with E-state index in [2.05, 4.69) is 35.8 Å². The molecule has 0 bridgehead atoms. The van der Waals surface area contributed by atoms with E-state index in [1.54, 1.807) is 0 Å². The van der Waals surface area contributed by atoms with Crippen molar-refractivity contribution < 1.29 is 4.79 Å². The molecule has 1 amide bonds. The first-order valence-electron chi connectivity index (χ1n) is 8.24. The molecule has 0 aliphatic rings. The van der Waals surface area contributed by atoms with Crippen LogP contribution in [0, 0.1) is 0 Å². The predicted molar refractivity (Wildman–Crippen MR) is 102 cm³/mol. The normalized spacial score (nSPS) is 10.5. The number of para-hydroxylation sites is 1. The van der Waals surface area contributed by atoms with Crippen LogP contribution in [0.5, 0.6) is 0 Å². The van der Waals surface area contributed by atoms with Crippen molar-refractivity contribution >= 4 is 35.1 Å². The van der Waals surface area contributed by atoms with E-state index in [0.29, 0.717) is 28.2 Å². The number of hydrogen-bond donors (Lipinski definition) is 3. The topological polar surface area (TPSA) is 108 Å². The van der Waals surface area contributed by atoms with Gasteiger partial charge in [-0.3, -0.25) is 9.89 Å². The summed E-state index contributed by atoms with van der Waals surface area (Å²) in [4.78, 5) is 25.7. The fourth-order valence-electron chi connectivity index (χ4n) is 2.16. The molecule has 0 spiro atoms. The van der Waals surface area contributed by atoms with Crippen LogP contribution in [0.1, 0.15) is 30.0 Å². The minimum Gasteiger partial charge on any atom is -0.322 e. The Labute approximate surface area is 155 Å². The summed E-state index contributed by atoms with van der Waals surface area (Å²) in [6, 6.07) is 9.22. The summed E-state index contributed by atoms with van der Waals surface area (Å²) < 4.78 is 0. The van der Waals surface area contributed by atoms with Gasteiger partial charge in [0, 0.05) is 18.3 Å². The van der Waals surface area contributed by atoms with Crippen molar-refractivity contribution in [1.29, 1.82) is 0 Å². The molecule has 0 unspecified atom stereocenters. The van der Waals surface area contributed by atoms with Gasteiger partial charge >= 0.3 is 0 Å². The second-order valence-corrected chi connectivity index (χ2v) is 6.48. The van der Waals surface area contributed by atoms with Crippen LogP contribution in [0.2, 0.25) is 0 Å². The van der Waals surface area contributed by atoms with Crippen LogP contribution in [0.15, 0.2) is 41.7 Å². The number of benzene rings is 1. The fraction of sp³-hybridized carbons (Fsp3) is 0.235. The Hall–Kier alpha value is -2.94. The molecule has 0 radical (unpaired) electrons. The lowest BCUT2D eigenvalue weighted by molar-refractivity contribution is 0.102. The zero-order valence-corrected chi connectivity index (χ0v) is 15.3. The van der Waals surface area contributed by atoms with E-state index in [4.69, 9.17) is 0 Å². The van der Waals surface area contributed by atoms with Crippen LogP contribution in [0.3, 0.4) is 0 Å². The number of aryl methyl sites for hydroxylation is 1. The molecule has 0 aliphatic heterocycles. The number of rotatable bonds is 7. The first kappa shape index (κ1) is 17.9. The summed E-state index contributed by atoms with van der Waals surface area (Å²) in [7, 11) is 0. The Bertz CT molecular complexity index is 882. The Morgan fingerprint density at radius 1 is 1.19 bits per heavy atom. The minimum atomic E-state index is -0.307. The van der Waals surface area contributed by atoms with E-state index < -0.39 is 0 Å². The largest absolute Gasteiger partial charge is 0.322 e. The molecule has 134 valence electrons. The van der Waals surface area contributed by atoms with Crippen LogP contribution in [0.4, 0.5) is 17.5 Å². The quantitative estimate of drug-likeness (QED) is 0.433. The molecule has 3 N–H and O–H groups in total. The van der Waals surface area contributed by atoms with Gasteiger partial charge in [0.15, 0.2) is 5.16 Å². The Morgan fingerprint density at radius 2 is 2.00 bits per heavy atom. The second-order valence-electron chi connectivity index (χ2n) is 5.25. The third-order valence-electron chi connectivity index (χ3n) is 3.41. The van der Waals surface area contributed by atoms with Crippen molar-refractivity contribution in [3.8, 4) is 0 Å². The van der Waals surface area contributed by atoms with E-state index in [0.717, 1.165) is 18.0 Å². The number of nitrogens with one attached hydrogen (secondary N) is 3. The van der Waals surface area contributed by atoms with Crippen LogP contribution in [0.25, 0.3) is 0 Å². The SMILES string of the molecule is CCSc1ncc(C(=O)Nc2ccccc2)c(Nc2n[nH]c(CC)n2)n1. The number of carbonyl (C=O) groups excluding carboxylic acids is 1. The maximum atomic E-state index is 12.7. The zero-order valence-electron chi connectivity index (χ0n) is 14.5. The van der Waals surface area contributed by atoms with Gasteiger partial charge in [-0.15, -0.1) is 5.10 Å². The highest BCUT2D eigenvalue weighted by atomic mass is 32.2. The lowest BCUT2D eigenvalue weighted by Gasteiger charge is -2.10. The molecular formula is C17H19N7OS. The number of aromatic nitrogens is 5. The Morgan fingerprint density at radius 3 is 2.69 bits per heavy atom. The van der Waals surface area contributed by atoms with E-state index >= 15 is 0 Å². The van der Waals surface area contributed by atoms with Crippen molar-refractivity contribution in [2.24, 2.45) is 0 Å². The highest BCUT2D eigenvalue weighted by molar-refractivity contribution is 7.99. The summed E-state index contributed by atoms with van der Waals surface area (Å²) in [5, 5.41) is 13.4. The van der Waals surface area contributed by atoms with Gasteiger partial charge in [-0.2, -0.15) is 4.98 Å². The summed E-state index contributed by atoms with van der Waals surface area (Å²) in [5.41, 5.74) is 1.01. The first-order chi connectivity index (χ1) is 12.7. The van der Waals surface area contributed by atoms with Crippen LogP contribution < -0.4 is 10.6 Å². The number of H-pyrrole nitrogens is 1. The molecule has 0 atom stereocenters. The van der Waals surface area contributed by atoms with E-state index in [1.807, 2.05) is 44.2 Å². The predicted octanol–water partition coefficient (Wildman–Crippen LogP) is 3.27. The maximum Gasteiger partial charge on any atom is 0.261 e. The van der Waals surface area contributed by atoms with Gasteiger partial charge in [-0.25, -0.2) is 9.97 Å². The van der Waals surface area contributed by atoms with Gasteiger partial charge < -0.3 is 10.6 Å².